The maximum absolute atomic E-state index is 11.4. The number of carbonyl (C=O) groups is 1. The molecular weight excluding hydrogens is 516 g/mol. The van der Waals surface area contributed by atoms with Crippen LogP contribution in [0.4, 0.5) is 0 Å². The van der Waals surface area contributed by atoms with Crippen molar-refractivity contribution in [1.82, 2.24) is 0 Å². The number of hydrogen-bond acceptors (Lipinski definition) is 6. The van der Waals surface area contributed by atoms with Crippen molar-refractivity contribution in [2.75, 3.05) is 25.2 Å². The standard InChI is InChI=1S/C31H34O7S/c1-19-14-23(36-12-5-13-39(3,34)35)15-20(2)31(19)27-7-4-6-26-25(27)10-11-28(26)38-22-8-9-24-21(16-30(32)33)18-37-29(24)17-22/h4,6-9,14-15,17,21,28H,5,10-13,16,18H2,1-3H3,(H,32,33). The second-order valence-corrected chi connectivity index (χ2v) is 12.8. The Morgan fingerprint density at radius 3 is 2.54 bits per heavy atom. The van der Waals surface area contributed by atoms with E-state index in [0.717, 1.165) is 41.0 Å². The van der Waals surface area contributed by atoms with Crippen molar-refractivity contribution in [3.05, 3.63) is 76.3 Å². The molecular formula is C31H34O7S. The number of hydrogen-bond donors (Lipinski definition) is 1. The van der Waals surface area contributed by atoms with Gasteiger partial charge in [0.1, 0.15) is 33.2 Å². The number of carboxylic acids is 1. The van der Waals surface area contributed by atoms with Gasteiger partial charge in [0.05, 0.1) is 25.4 Å². The molecule has 0 radical (unpaired) electrons. The molecule has 8 heteroatoms. The molecule has 0 saturated heterocycles. The van der Waals surface area contributed by atoms with Crippen LogP contribution in [0.2, 0.25) is 0 Å². The van der Waals surface area contributed by atoms with E-state index in [1.165, 1.54) is 28.5 Å². The third-order valence-electron chi connectivity index (χ3n) is 7.48. The van der Waals surface area contributed by atoms with Crippen LogP contribution in [0.5, 0.6) is 17.2 Å². The van der Waals surface area contributed by atoms with E-state index in [1.807, 2.05) is 30.3 Å². The fourth-order valence-electron chi connectivity index (χ4n) is 5.79. The first-order valence-corrected chi connectivity index (χ1v) is 15.3. The highest BCUT2D eigenvalue weighted by molar-refractivity contribution is 7.90. The Morgan fingerprint density at radius 2 is 1.82 bits per heavy atom. The largest absolute Gasteiger partial charge is 0.494 e. The molecule has 2 atom stereocenters. The van der Waals surface area contributed by atoms with Gasteiger partial charge in [0.25, 0.3) is 0 Å². The molecule has 0 saturated carbocycles. The summed E-state index contributed by atoms with van der Waals surface area (Å²) in [7, 11) is -2.99. The van der Waals surface area contributed by atoms with Crippen LogP contribution < -0.4 is 14.2 Å². The molecule has 1 aliphatic carbocycles. The van der Waals surface area contributed by atoms with Gasteiger partial charge in [-0.3, -0.25) is 4.79 Å². The first-order valence-electron chi connectivity index (χ1n) is 13.3. The summed E-state index contributed by atoms with van der Waals surface area (Å²) >= 11 is 0. The Labute approximate surface area is 229 Å². The van der Waals surface area contributed by atoms with Crippen LogP contribution in [0.1, 0.15) is 59.1 Å². The first-order chi connectivity index (χ1) is 18.6. The van der Waals surface area contributed by atoms with Gasteiger partial charge < -0.3 is 19.3 Å². The van der Waals surface area contributed by atoms with Crippen LogP contribution in [0, 0.1) is 13.8 Å². The van der Waals surface area contributed by atoms with E-state index in [2.05, 4.69) is 32.0 Å². The summed E-state index contributed by atoms with van der Waals surface area (Å²) in [4.78, 5) is 11.1. The van der Waals surface area contributed by atoms with Crippen LogP contribution in [0.25, 0.3) is 11.1 Å². The minimum absolute atomic E-state index is 0.0566. The van der Waals surface area contributed by atoms with E-state index in [0.29, 0.717) is 25.4 Å². The van der Waals surface area contributed by atoms with Crippen molar-refractivity contribution in [2.45, 2.75) is 51.6 Å². The van der Waals surface area contributed by atoms with Crippen molar-refractivity contribution in [1.29, 1.82) is 0 Å². The molecule has 2 aliphatic rings. The lowest BCUT2D eigenvalue weighted by atomic mass is 9.90. The third-order valence-corrected chi connectivity index (χ3v) is 8.51. The molecule has 0 aromatic heterocycles. The molecule has 2 unspecified atom stereocenters. The zero-order valence-corrected chi connectivity index (χ0v) is 23.3. The molecule has 3 aromatic rings. The summed E-state index contributed by atoms with van der Waals surface area (Å²) in [6.45, 7) is 4.90. The van der Waals surface area contributed by atoms with Crippen molar-refractivity contribution >= 4 is 15.8 Å². The van der Waals surface area contributed by atoms with Crippen molar-refractivity contribution < 1.29 is 32.5 Å². The van der Waals surface area contributed by atoms with Crippen LogP contribution in [0.15, 0.2) is 48.5 Å². The average molecular weight is 551 g/mol. The summed E-state index contributed by atoms with van der Waals surface area (Å²) in [5.41, 5.74) is 7.99. The number of rotatable bonds is 10. The topological polar surface area (TPSA) is 99.1 Å². The van der Waals surface area contributed by atoms with Gasteiger partial charge in [0.15, 0.2) is 0 Å². The number of sulfone groups is 1. The molecule has 1 heterocycles. The summed E-state index contributed by atoms with van der Waals surface area (Å²) in [6.07, 6.45) is 3.45. The van der Waals surface area contributed by atoms with Gasteiger partial charge in [-0.15, -0.1) is 0 Å². The normalized spacial score (nSPS) is 17.8. The SMILES string of the molecule is Cc1cc(OCCCS(C)(=O)=O)cc(C)c1-c1cccc2c1CCC2Oc1ccc2c(c1)OCC2CC(=O)O. The van der Waals surface area contributed by atoms with Crippen LogP contribution >= 0.6 is 0 Å². The van der Waals surface area contributed by atoms with E-state index in [9.17, 15) is 13.2 Å². The number of aryl methyl sites for hydroxylation is 2. The van der Waals surface area contributed by atoms with Gasteiger partial charge in [-0.2, -0.15) is 0 Å². The van der Waals surface area contributed by atoms with E-state index >= 15 is 0 Å². The van der Waals surface area contributed by atoms with Gasteiger partial charge in [-0.05, 0) is 84.7 Å². The van der Waals surface area contributed by atoms with E-state index in [1.54, 1.807) is 0 Å². The summed E-state index contributed by atoms with van der Waals surface area (Å²) in [5, 5.41) is 9.15. The molecule has 0 spiro atoms. The molecule has 7 nitrogen and oxygen atoms in total. The van der Waals surface area contributed by atoms with Crippen LogP contribution in [-0.4, -0.2) is 44.7 Å². The summed E-state index contributed by atoms with van der Waals surface area (Å²) in [6, 6.07) is 16.1. The Balaban J connectivity index is 1.33. The second kappa shape index (κ2) is 10.9. The lowest BCUT2D eigenvalue weighted by molar-refractivity contribution is -0.137. The summed E-state index contributed by atoms with van der Waals surface area (Å²) in [5.74, 6) is 1.34. The smallest absolute Gasteiger partial charge is 0.304 e. The number of carboxylic acid groups (broad SMARTS) is 1. The quantitative estimate of drug-likeness (QED) is 0.319. The van der Waals surface area contributed by atoms with E-state index in [4.69, 9.17) is 19.3 Å². The van der Waals surface area contributed by atoms with Gasteiger partial charge >= 0.3 is 5.97 Å². The Kier molecular flexibility index (Phi) is 7.58. The lowest BCUT2D eigenvalue weighted by Crippen LogP contribution is -2.08. The number of aliphatic carboxylic acids is 1. The molecule has 1 aliphatic heterocycles. The molecule has 5 rings (SSSR count). The fraction of sp³-hybridized carbons (Fsp3) is 0.387. The van der Waals surface area contributed by atoms with Crippen molar-refractivity contribution in [2.24, 2.45) is 0 Å². The maximum atomic E-state index is 11.4. The third kappa shape index (κ3) is 6.06. The maximum Gasteiger partial charge on any atom is 0.304 e. The van der Waals surface area contributed by atoms with Gasteiger partial charge in [0.2, 0.25) is 0 Å². The molecule has 3 aromatic carbocycles. The lowest BCUT2D eigenvalue weighted by Gasteiger charge is -2.18. The molecule has 206 valence electrons. The minimum Gasteiger partial charge on any atom is -0.494 e. The number of ether oxygens (including phenoxy) is 3. The highest BCUT2D eigenvalue weighted by Gasteiger charge is 2.30. The Morgan fingerprint density at radius 1 is 1.05 bits per heavy atom. The minimum atomic E-state index is -2.99. The summed E-state index contributed by atoms with van der Waals surface area (Å²) < 4.78 is 40.8. The average Bonchev–Trinajstić information content (AvgIpc) is 3.45. The van der Waals surface area contributed by atoms with Gasteiger partial charge in [-0.25, -0.2) is 8.42 Å². The predicted octanol–water partition coefficient (Wildman–Crippen LogP) is 5.80. The van der Waals surface area contributed by atoms with Gasteiger partial charge in [-0.1, -0.05) is 24.3 Å². The van der Waals surface area contributed by atoms with E-state index < -0.39 is 15.8 Å². The highest BCUT2D eigenvalue weighted by Crippen LogP contribution is 2.44. The molecule has 39 heavy (non-hydrogen) atoms. The Bertz CT molecular complexity index is 1490. The van der Waals surface area contributed by atoms with Crippen molar-refractivity contribution in [3.63, 3.8) is 0 Å². The van der Waals surface area contributed by atoms with E-state index in [-0.39, 0.29) is 24.2 Å². The van der Waals surface area contributed by atoms with Gasteiger partial charge in [0, 0.05) is 23.8 Å². The number of benzene rings is 3. The zero-order valence-electron chi connectivity index (χ0n) is 22.5. The monoisotopic (exact) mass is 550 g/mol. The molecule has 0 bridgehead atoms. The van der Waals surface area contributed by atoms with Crippen LogP contribution in [0.3, 0.4) is 0 Å². The molecule has 0 fully saturated rings. The Hall–Kier alpha value is -3.52. The fourth-order valence-corrected chi connectivity index (χ4v) is 6.43. The highest BCUT2D eigenvalue weighted by atomic mass is 32.2. The predicted molar refractivity (Wildman–Crippen MR) is 150 cm³/mol. The number of fused-ring (bicyclic) bond motifs is 2. The first kappa shape index (κ1) is 27.1. The van der Waals surface area contributed by atoms with Crippen LogP contribution in [-0.2, 0) is 21.1 Å². The second-order valence-electron chi connectivity index (χ2n) is 10.6. The molecule has 1 N–H and O–H groups in total. The molecule has 0 amide bonds. The zero-order chi connectivity index (χ0) is 27.7. The van der Waals surface area contributed by atoms with Crippen molar-refractivity contribution in [3.8, 4) is 28.4 Å².